The van der Waals surface area contributed by atoms with Gasteiger partial charge in [-0.3, -0.25) is 0 Å². The normalized spacial score (nSPS) is 18.6. The van der Waals surface area contributed by atoms with E-state index in [4.69, 9.17) is 4.74 Å². The zero-order chi connectivity index (χ0) is 15.0. The Bertz CT molecular complexity index is 591. The molecule has 2 rings (SSSR count). The molecule has 1 aromatic rings. The Morgan fingerprint density at radius 2 is 2.10 bits per heavy atom. The third-order valence-corrected chi connectivity index (χ3v) is 5.31. The standard InChI is InChI=1S/C14H21NO4S/c1-10-8-12(19-3)6-7-13(10)20(17,18)15-9-14(2,16)11-4-5-11/h6-8,11,15-16H,4-5,9H2,1-3H3. The number of sulfonamides is 1. The molecule has 0 spiro atoms. The Kier molecular flexibility index (Phi) is 4.09. The van der Waals surface area contributed by atoms with Gasteiger partial charge in [-0.1, -0.05) is 0 Å². The van der Waals surface area contributed by atoms with E-state index in [0.29, 0.717) is 11.3 Å². The molecule has 0 aliphatic heterocycles. The van der Waals surface area contributed by atoms with Gasteiger partial charge in [0.15, 0.2) is 0 Å². The fourth-order valence-electron chi connectivity index (χ4n) is 2.22. The first-order valence-electron chi connectivity index (χ1n) is 6.63. The van der Waals surface area contributed by atoms with E-state index in [-0.39, 0.29) is 17.4 Å². The summed E-state index contributed by atoms with van der Waals surface area (Å²) in [5.74, 6) is 0.814. The van der Waals surface area contributed by atoms with Crippen LogP contribution in [0.25, 0.3) is 0 Å². The molecule has 1 atom stereocenters. The summed E-state index contributed by atoms with van der Waals surface area (Å²) in [6.07, 6.45) is 1.91. The lowest BCUT2D eigenvalue weighted by atomic mass is 10.0. The van der Waals surface area contributed by atoms with E-state index in [1.165, 1.54) is 13.2 Å². The second-order valence-electron chi connectivity index (χ2n) is 5.59. The van der Waals surface area contributed by atoms with Gasteiger partial charge in [0.05, 0.1) is 17.6 Å². The Morgan fingerprint density at radius 3 is 2.60 bits per heavy atom. The quantitative estimate of drug-likeness (QED) is 0.833. The summed E-state index contributed by atoms with van der Waals surface area (Å²) < 4.78 is 32.1. The summed E-state index contributed by atoms with van der Waals surface area (Å²) in [5, 5.41) is 10.2. The number of hydrogen-bond donors (Lipinski definition) is 2. The fraction of sp³-hybridized carbons (Fsp3) is 0.571. The van der Waals surface area contributed by atoms with Gasteiger partial charge in [0, 0.05) is 6.54 Å². The zero-order valence-corrected chi connectivity index (χ0v) is 12.8. The molecule has 0 amide bonds. The van der Waals surface area contributed by atoms with Crippen LogP contribution in [0.5, 0.6) is 5.75 Å². The largest absolute Gasteiger partial charge is 0.497 e. The molecule has 1 aliphatic rings. The van der Waals surface area contributed by atoms with Crippen LogP contribution in [0.3, 0.4) is 0 Å². The fourth-order valence-corrected chi connectivity index (χ4v) is 3.59. The molecule has 2 N–H and O–H groups in total. The summed E-state index contributed by atoms with van der Waals surface area (Å²) in [4.78, 5) is 0.213. The van der Waals surface area contributed by atoms with Gasteiger partial charge in [0.2, 0.25) is 10.0 Å². The molecule has 0 radical (unpaired) electrons. The lowest BCUT2D eigenvalue weighted by molar-refractivity contribution is 0.0422. The molecule has 1 fully saturated rings. The van der Waals surface area contributed by atoms with Gasteiger partial charge in [0.1, 0.15) is 5.75 Å². The molecule has 1 aromatic carbocycles. The van der Waals surface area contributed by atoms with E-state index in [1.807, 2.05) is 0 Å². The van der Waals surface area contributed by atoms with Crippen LogP contribution in [0.2, 0.25) is 0 Å². The lowest BCUT2D eigenvalue weighted by Crippen LogP contribution is -2.42. The molecule has 6 heteroatoms. The van der Waals surface area contributed by atoms with E-state index >= 15 is 0 Å². The smallest absolute Gasteiger partial charge is 0.240 e. The predicted octanol–water partition coefficient (Wildman–Crippen LogP) is 1.44. The Morgan fingerprint density at radius 1 is 1.45 bits per heavy atom. The summed E-state index contributed by atoms with van der Waals surface area (Å²) >= 11 is 0. The zero-order valence-electron chi connectivity index (χ0n) is 12.0. The van der Waals surface area contributed by atoms with Crippen molar-refractivity contribution in [3.05, 3.63) is 23.8 Å². The van der Waals surface area contributed by atoms with E-state index in [1.54, 1.807) is 26.0 Å². The maximum Gasteiger partial charge on any atom is 0.240 e. The summed E-state index contributed by atoms with van der Waals surface area (Å²) in [5.41, 5.74) is -0.365. The molecule has 0 bridgehead atoms. The van der Waals surface area contributed by atoms with Crippen molar-refractivity contribution in [2.75, 3.05) is 13.7 Å². The highest BCUT2D eigenvalue weighted by Crippen LogP contribution is 2.39. The number of aliphatic hydroxyl groups is 1. The summed E-state index contributed by atoms with van der Waals surface area (Å²) in [7, 11) is -2.08. The van der Waals surface area contributed by atoms with Crippen molar-refractivity contribution >= 4 is 10.0 Å². The number of nitrogens with one attached hydrogen (secondary N) is 1. The molecule has 1 saturated carbocycles. The van der Waals surface area contributed by atoms with Crippen molar-refractivity contribution in [2.45, 2.75) is 37.2 Å². The van der Waals surface area contributed by atoms with Gasteiger partial charge in [0.25, 0.3) is 0 Å². The topological polar surface area (TPSA) is 75.6 Å². The first-order chi connectivity index (χ1) is 9.26. The molecule has 1 unspecified atom stereocenters. The van der Waals surface area contributed by atoms with Gasteiger partial charge in [-0.15, -0.1) is 0 Å². The van der Waals surface area contributed by atoms with Crippen LogP contribution >= 0.6 is 0 Å². The molecule has 20 heavy (non-hydrogen) atoms. The van der Waals surface area contributed by atoms with Crippen molar-refractivity contribution in [2.24, 2.45) is 5.92 Å². The number of rotatable bonds is 6. The molecule has 0 heterocycles. The van der Waals surface area contributed by atoms with E-state index in [2.05, 4.69) is 4.72 Å². The molecular formula is C14H21NO4S. The summed E-state index contributed by atoms with van der Waals surface area (Å²) in [6.45, 7) is 3.43. The van der Waals surface area contributed by atoms with E-state index in [9.17, 15) is 13.5 Å². The molecule has 5 nitrogen and oxygen atoms in total. The Labute approximate surface area is 120 Å². The Hall–Kier alpha value is -1.11. The van der Waals surface area contributed by atoms with Crippen LogP contribution in [-0.4, -0.2) is 32.8 Å². The average Bonchev–Trinajstić information content (AvgIpc) is 3.21. The third-order valence-electron chi connectivity index (χ3n) is 3.75. The first kappa shape index (κ1) is 15.3. The van der Waals surface area contributed by atoms with Crippen molar-refractivity contribution < 1.29 is 18.3 Å². The number of methoxy groups -OCH3 is 1. The number of ether oxygens (including phenoxy) is 1. The molecule has 1 aliphatic carbocycles. The van der Waals surface area contributed by atoms with Gasteiger partial charge in [-0.05, 0) is 56.4 Å². The van der Waals surface area contributed by atoms with Crippen molar-refractivity contribution in [1.29, 1.82) is 0 Å². The van der Waals surface area contributed by atoms with Gasteiger partial charge in [-0.25, -0.2) is 13.1 Å². The molecule has 0 saturated heterocycles. The minimum atomic E-state index is -3.62. The number of benzene rings is 1. The maximum atomic E-state index is 12.3. The van der Waals surface area contributed by atoms with Crippen LogP contribution in [0.1, 0.15) is 25.3 Å². The van der Waals surface area contributed by atoms with Gasteiger partial charge in [-0.2, -0.15) is 0 Å². The lowest BCUT2D eigenvalue weighted by Gasteiger charge is -2.23. The van der Waals surface area contributed by atoms with E-state index in [0.717, 1.165) is 12.8 Å². The van der Waals surface area contributed by atoms with Crippen LogP contribution in [0.4, 0.5) is 0 Å². The highest BCUT2D eigenvalue weighted by molar-refractivity contribution is 7.89. The second kappa shape index (κ2) is 5.35. The van der Waals surface area contributed by atoms with Crippen LogP contribution in [-0.2, 0) is 10.0 Å². The predicted molar refractivity (Wildman–Crippen MR) is 76.3 cm³/mol. The van der Waals surface area contributed by atoms with Crippen molar-refractivity contribution in [3.63, 3.8) is 0 Å². The van der Waals surface area contributed by atoms with Crippen LogP contribution < -0.4 is 9.46 Å². The number of hydrogen-bond acceptors (Lipinski definition) is 4. The van der Waals surface area contributed by atoms with Crippen molar-refractivity contribution in [1.82, 2.24) is 4.72 Å². The first-order valence-corrected chi connectivity index (χ1v) is 8.11. The highest BCUT2D eigenvalue weighted by Gasteiger charge is 2.40. The van der Waals surface area contributed by atoms with Crippen molar-refractivity contribution in [3.8, 4) is 5.75 Å². The SMILES string of the molecule is COc1ccc(S(=O)(=O)NCC(C)(O)C2CC2)c(C)c1. The molecular weight excluding hydrogens is 278 g/mol. The maximum absolute atomic E-state index is 12.3. The Balaban J connectivity index is 2.14. The highest BCUT2D eigenvalue weighted by atomic mass is 32.2. The van der Waals surface area contributed by atoms with Crippen LogP contribution in [0.15, 0.2) is 23.1 Å². The van der Waals surface area contributed by atoms with Gasteiger partial charge < -0.3 is 9.84 Å². The minimum Gasteiger partial charge on any atom is -0.497 e. The van der Waals surface area contributed by atoms with E-state index < -0.39 is 15.6 Å². The third kappa shape index (κ3) is 3.31. The second-order valence-corrected chi connectivity index (χ2v) is 7.32. The van der Waals surface area contributed by atoms with Gasteiger partial charge >= 0.3 is 0 Å². The monoisotopic (exact) mass is 299 g/mol. The summed E-state index contributed by atoms with van der Waals surface area (Å²) in [6, 6.07) is 4.80. The number of aryl methyl sites for hydroxylation is 1. The average molecular weight is 299 g/mol. The molecule has 112 valence electrons. The molecule has 0 aromatic heterocycles. The minimum absolute atomic E-state index is 0.0332. The van der Waals surface area contributed by atoms with Crippen LogP contribution in [0, 0.1) is 12.8 Å².